The molecule has 4 radical (unpaired) electrons. The van der Waals surface area contributed by atoms with Gasteiger partial charge in [0.1, 0.15) is 0 Å². The molecule has 18 rings (SSSR count). The van der Waals surface area contributed by atoms with Crippen LogP contribution in [-0.2, 0) is 80.4 Å². The van der Waals surface area contributed by atoms with Crippen LogP contribution in [0.15, 0.2) is 425 Å². The molecule has 0 aliphatic rings. The van der Waals surface area contributed by atoms with E-state index in [-0.39, 0.29) is 151 Å². The van der Waals surface area contributed by atoms with Gasteiger partial charge < -0.3 is 40.0 Å². The second kappa shape index (κ2) is 54.6. The number of aliphatic hydroxyl groups is 1. The van der Waals surface area contributed by atoms with Gasteiger partial charge in [0.15, 0.2) is 0 Å². The number of aryl methyl sites for hydroxylation is 5. The SMILES string of the molecule is Cc1cc(-c2[c-]cccc2)ncc1-c1ccccc1.Cc1cc(-c2[c-]cccc2)ncc1-c1ccccc1.Cc1ccc[c-]c1-c1ccccn1.Cc1cccnc1-c1[c-]cccc1.[2H]c1c([2H])c([2H])c(-c2ccc(-c3[c-]cccc3)nc2)c([2H])c1[2H].[2H]c1c([2H])c([2H])c(-c2cnc(-c3[c-]cccc3)cc2C)c([2H])c1[2H].[CH-]=C(C=C(O)C(C)(C)C)C(C)(C)C.[Ir].[Ir].[Ir].[Ir].[c-]1ccccc1-c1ccccn1. The zero-order valence-electron chi connectivity index (χ0n) is 84.0. The van der Waals surface area contributed by atoms with Crippen molar-refractivity contribution < 1.29 is 99.2 Å². The van der Waals surface area contributed by atoms with Crippen LogP contribution in [0.3, 0.4) is 0 Å². The summed E-state index contributed by atoms with van der Waals surface area (Å²) in [5, 5.41) is 9.68. The molecule has 7 heterocycles. The summed E-state index contributed by atoms with van der Waals surface area (Å²) in [4.78, 5) is 30.6. The molecule has 7 aromatic heterocycles. The minimum atomic E-state index is -0.396. The minimum Gasteiger partial charge on any atom is -0.530 e. The molecule has 0 aliphatic carbocycles. The van der Waals surface area contributed by atoms with Gasteiger partial charge in [-0.25, -0.2) is 5.57 Å². The Bertz CT molecular complexity index is 6670. The summed E-state index contributed by atoms with van der Waals surface area (Å²) in [7, 11) is 0. The zero-order chi connectivity index (χ0) is 97.4. The molecule has 0 amide bonds. The Kier molecular flexibility index (Phi) is 37.5. The van der Waals surface area contributed by atoms with E-state index >= 15 is 0 Å². The quantitative estimate of drug-likeness (QED) is 0.0732. The maximum atomic E-state index is 9.68. The van der Waals surface area contributed by atoms with E-state index in [2.05, 4.69) is 154 Å². The van der Waals surface area contributed by atoms with Crippen molar-refractivity contribution in [2.24, 2.45) is 10.8 Å². The van der Waals surface area contributed by atoms with E-state index in [0.717, 1.165) is 78.7 Å². The van der Waals surface area contributed by atoms with Gasteiger partial charge in [-0.2, -0.15) is 6.08 Å². The third-order valence-electron chi connectivity index (χ3n) is 19.3. The largest absolute Gasteiger partial charge is 0.530 e. The first-order chi connectivity index (χ1) is 65.4. The van der Waals surface area contributed by atoms with E-state index in [4.69, 9.17) is 20.3 Å². The van der Waals surface area contributed by atoms with Crippen LogP contribution in [-0.4, -0.2) is 40.0 Å². The van der Waals surface area contributed by atoms with E-state index in [1.54, 1.807) is 48.9 Å². The number of rotatable bonds is 12. The molecule has 18 aromatic rings. The average Bonchev–Trinajstić information content (AvgIpc) is 0.765. The van der Waals surface area contributed by atoms with Gasteiger partial charge in [-0.3, -0.25) is 6.58 Å². The van der Waals surface area contributed by atoms with Crippen LogP contribution in [0.2, 0.25) is 0 Å². The van der Waals surface area contributed by atoms with Crippen molar-refractivity contribution in [2.75, 3.05) is 0 Å². The van der Waals surface area contributed by atoms with Gasteiger partial charge >= 0.3 is 0 Å². The Morgan fingerprint density at radius 1 is 0.292 bits per heavy atom. The number of hydrogen-bond donors (Lipinski definition) is 1. The average molecular weight is 2410 g/mol. The van der Waals surface area contributed by atoms with Crippen LogP contribution in [0, 0.1) is 94.5 Å². The summed E-state index contributed by atoms with van der Waals surface area (Å²) >= 11 is 0. The topological polar surface area (TPSA) is 110 Å². The second-order valence-electron chi connectivity index (χ2n) is 30.8. The van der Waals surface area contributed by atoms with Crippen LogP contribution in [0.1, 0.15) is 83.1 Å². The van der Waals surface area contributed by atoms with Crippen LogP contribution in [0.5, 0.6) is 0 Å². The molecule has 0 bridgehead atoms. The van der Waals surface area contributed by atoms with E-state index in [1.165, 1.54) is 50.7 Å². The number of hydrogen-bond acceptors (Lipinski definition) is 8. The zero-order valence-corrected chi connectivity index (χ0v) is 83.6. The van der Waals surface area contributed by atoms with Gasteiger partial charge in [0.2, 0.25) is 0 Å². The number of aromatic nitrogens is 7. The molecule has 0 spiro atoms. The van der Waals surface area contributed by atoms with Crippen LogP contribution in [0.4, 0.5) is 0 Å². The smallest absolute Gasteiger partial charge is 0.0629 e. The van der Waals surface area contributed by atoms with Gasteiger partial charge in [-0.1, -0.05) is 236 Å². The third kappa shape index (κ3) is 32.8. The summed E-state index contributed by atoms with van der Waals surface area (Å²) < 4.78 is 78.5. The van der Waals surface area contributed by atoms with Crippen LogP contribution >= 0.6 is 0 Å². The summed E-state index contributed by atoms with van der Waals surface area (Å²) in [5.74, 6) is 0.333. The van der Waals surface area contributed by atoms with Crippen molar-refractivity contribution in [1.82, 2.24) is 34.9 Å². The van der Waals surface area contributed by atoms with E-state index in [0.29, 0.717) is 28.2 Å². The molecule has 0 fully saturated rings. The van der Waals surface area contributed by atoms with Crippen molar-refractivity contribution in [3.63, 3.8) is 0 Å². The van der Waals surface area contributed by atoms with Crippen molar-refractivity contribution >= 4 is 0 Å². The molecule has 12 heteroatoms. The molecule has 8 nitrogen and oxygen atoms in total. The van der Waals surface area contributed by atoms with Gasteiger partial charge in [0, 0.05) is 152 Å². The van der Waals surface area contributed by atoms with Crippen molar-refractivity contribution in [3.05, 3.63) is 501 Å². The predicted molar refractivity (Wildman–Crippen MR) is 522 cm³/mol. The Labute approximate surface area is 839 Å². The molecule has 660 valence electrons. The first kappa shape index (κ1) is 89.3. The first-order valence-electron chi connectivity index (χ1n) is 46.1. The molecule has 130 heavy (non-hydrogen) atoms. The Morgan fingerprint density at radius 3 is 0.992 bits per heavy atom. The van der Waals surface area contributed by atoms with Gasteiger partial charge in [0.05, 0.1) is 13.7 Å². The molecular formula is C118H103Ir4N7O-8. The van der Waals surface area contributed by atoms with Gasteiger partial charge in [-0.15, -0.1) is 251 Å². The summed E-state index contributed by atoms with van der Waals surface area (Å²) in [5.41, 5.74) is 25.4. The number of aliphatic hydroxyl groups excluding tert-OH is 1. The van der Waals surface area contributed by atoms with E-state index < -0.39 is 12.1 Å². The molecule has 1 N–H and O–H groups in total. The molecule has 0 atom stereocenters. The van der Waals surface area contributed by atoms with Crippen LogP contribution < -0.4 is 0 Å². The fourth-order valence-electron chi connectivity index (χ4n) is 12.2. The molecule has 0 aliphatic heterocycles. The number of pyridine rings is 7. The van der Waals surface area contributed by atoms with Gasteiger partial charge in [0.25, 0.3) is 0 Å². The maximum Gasteiger partial charge on any atom is 0.0629 e. The van der Waals surface area contributed by atoms with E-state index in [1.807, 2.05) is 298 Å². The maximum absolute atomic E-state index is 9.68. The number of nitrogens with zero attached hydrogens (tertiary/aromatic N) is 7. The molecule has 11 aromatic carbocycles. The summed E-state index contributed by atoms with van der Waals surface area (Å²) in [6, 6.07) is 117. The van der Waals surface area contributed by atoms with Crippen molar-refractivity contribution in [2.45, 2.75) is 76.2 Å². The summed E-state index contributed by atoms with van der Waals surface area (Å²) in [6.07, 6.45) is 14.0. The standard InChI is InChI=1S/3C18H14N.C17H12N.2C12H10N.C12H21O.C11H8N.4Ir/c3*1-14-12-18(16-10-6-3-7-11-16)19-13-17(14)15-8-4-2-5-9-15;1-3-7-14(8-4-1)16-11-12-17(18-13-16)15-9-5-2-6-10-15;1-10-6-2-3-7-11(10)12-8-4-5-9-13-12;1-10-6-5-9-13-12(10)11-7-3-2-4-8-11;1-9(11(2,3)4)8-10(13)12(5,6)7;1-2-6-10(7-3-1)11-8-4-5-9-12-11;;;;/h3*2-10,12-13H,1H3;1-9,11-13H;2-6,8-9H,1H3;2-7,9H,1H3;1,8,13H,2-7H3;1-6,8-9H;;;;/q8*-1;;;;/i2D,4D,5D,8D,9D;;;1D,3D,4D,7D,8D;;;;;;;;. The fraction of sp³-hybridized carbons (Fsp3) is 0.110. The normalized spacial score (nSPS) is 11.4. The monoisotopic (exact) mass is 2420 g/mol. The second-order valence-corrected chi connectivity index (χ2v) is 30.8. The van der Waals surface area contributed by atoms with Crippen molar-refractivity contribution in [3.8, 4) is 123 Å². The Hall–Kier alpha value is -12.7. The fourth-order valence-corrected chi connectivity index (χ4v) is 12.2. The Morgan fingerprint density at radius 2 is 0.638 bits per heavy atom. The Balaban J connectivity index is 0.000000219. The van der Waals surface area contributed by atoms with E-state index in [9.17, 15) is 5.11 Å². The third-order valence-corrected chi connectivity index (χ3v) is 19.3. The molecule has 0 saturated carbocycles. The minimum absolute atomic E-state index is 0. The molecular weight excluding hydrogens is 2300 g/mol. The van der Waals surface area contributed by atoms with Gasteiger partial charge in [-0.05, 0) is 136 Å². The number of benzene rings is 11. The first-order valence-corrected chi connectivity index (χ1v) is 41.1. The van der Waals surface area contributed by atoms with Crippen molar-refractivity contribution in [1.29, 1.82) is 0 Å². The number of allylic oxidation sites excluding steroid dienone is 3. The molecule has 0 unspecified atom stereocenters. The van der Waals surface area contributed by atoms with Crippen LogP contribution in [0.25, 0.3) is 123 Å². The molecule has 0 saturated heterocycles. The summed E-state index contributed by atoms with van der Waals surface area (Å²) in [6.45, 7) is 28.0. The predicted octanol–water partition coefficient (Wildman–Crippen LogP) is 29.9.